The second kappa shape index (κ2) is 10.3. The van der Waals surface area contributed by atoms with Crippen molar-refractivity contribution in [3.63, 3.8) is 0 Å². The summed E-state index contributed by atoms with van der Waals surface area (Å²) >= 11 is 0. The van der Waals surface area contributed by atoms with Crippen LogP contribution in [-0.4, -0.2) is 9.05 Å². The zero-order valence-corrected chi connectivity index (χ0v) is 15.5. The Labute approximate surface area is 150 Å². The molecule has 0 spiro atoms. The van der Waals surface area contributed by atoms with Crippen LogP contribution in [0.15, 0.2) is 30.3 Å². The standard InChI is InChI=1S/C6H5O4Si.3Na/c7-11(8,9)10-6-4-2-1-3-5-6;;;/h1-5H;;;/q-3;3*+1. The van der Waals surface area contributed by atoms with Crippen LogP contribution in [0.1, 0.15) is 0 Å². The van der Waals surface area contributed by atoms with Crippen molar-refractivity contribution in [2.75, 3.05) is 0 Å². The fourth-order valence-corrected chi connectivity index (χ4v) is 1.06. The van der Waals surface area contributed by atoms with Gasteiger partial charge in [-0.3, -0.25) is 0 Å². The zero-order chi connectivity index (χ0) is 8.32. The molecule has 1 rings (SSSR count). The van der Waals surface area contributed by atoms with E-state index in [4.69, 9.17) is 0 Å². The first-order chi connectivity index (χ1) is 5.08. The smallest absolute Gasteiger partial charge is 0.851 e. The van der Waals surface area contributed by atoms with Gasteiger partial charge in [-0.25, -0.2) is 0 Å². The monoisotopic (exact) mass is 238 g/mol. The van der Waals surface area contributed by atoms with E-state index in [1.54, 1.807) is 18.2 Å². The molecule has 14 heavy (non-hydrogen) atoms. The van der Waals surface area contributed by atoms with Crippen molar-refractivity contribution >= 4 is 9.05 Å². The molecule has 0 fully saturated rings. The molecule has 0 atom stereocenters. The van der Waals surface area contributed by atoms with Gasteiger partial charge in [-0.2, -0.15) is 0 Å². The summed E-state index contributed by atoms with van der Waals surface area (Å²) in [6, 6.07) is 7.65. The van der Waals surface area contributed by atoms with Crippen LogP contribution in [0.2, 0.25) is 0 Å². The summed E-state index contributed by atoms with van der Waals surface area (Å²) < 4.78 is 4.07. The Morgan fingerprint density at radius 3 is 1.64 bits per heavy atom. The van der Waals surface area contributed by atoms with Crippen molar-refractivity contribution in [2.45, 2.75) is 0 Å². The van der Waals surface area contributed by atoms with Crippen molar-refractivity contribution in [3.8, 4) is 5.75 Å². The van der Waals surface area contributed by atoms with E-state index in [0.29, 0.717) is 0 Å². The summed E-state index contributed by atoms with van der Waals surface area (Å²) in [5.74, 6) is 0.0548. The van der Waals surface area contributed by atoms with Crippen molar-refractivity contribution in [1.29, 1.82) is 0 Å². The van der Waals surface area contributed by atoms with Gasteiger partial charge in [0.1, 0.15) is 0 Å². The van der Waals surface area contributed by atoms with Crippen molar-refractivity contribution in [3.05, 3.63) is 30.3 Å². The van der Waals surface area contributed by atoms with Crippen molar-refractivity contribution in [2.24, 2.45) is 0 Å². The van der Waals surface area contributed by atoms with Crippen LogP contribution in [-0.2, 0) is 0 Å². The molecule has 1 aromatic carbocycles. The number of benzene rings is 1. The molecule has 1 aromatic rings. The second-order valence-corrected chi connectivity index (χ2v) is 3.12. The third-order valence-corrected chi connectivity index (χ3v) is 1.47. The van der Waals surface area contributed by atoms with E-state index in [9.17, 15) is 14.4 Å². The predicted molar refractivity (Wildman–Crippen MR) is 32.8 cm³/mol. The van der Waals surface area contributed by atoms with Gasteiger partial charge in [-0.1, -0.05) is 18.2 Å². The molecule has 0 unspecified atom stereocenters. The minimum atomic E-state index is -5.15. The van der Waals surface area contributed by atoms with Crippen LogP contribution in [0.4, 0.5) is 0 Å². The fraction of sp³-hybridized carbons (Fsp3) is 0. The quantitative estimate of drug-likeness (QED) is 0.479. The van der Waals surface area contributed by atoms with Gasteiger partial charge >= 0.3 is 88.7 Å². The third kappa shape index (κ3) is 10.6. The third-order valence-electron chi connectivity index (χ3n) is 0.986. The minimum Gasteiger partial charge on any atom is -0.851 e. The molecular formula is C6H5Na3O4Si. The molecule has 0 amide bonds. The van der Waals surface area contributed by atoms with E-state index in [2.05, 4.69) is 4.43 Å². The van der Waals surface area contributed by atoms with Crippen LogP contribution < -0.4 is 107 Å². The van der Waals surface area contributed by atoms with E-state index in [1.165, 1.54) is 12.1 Å². The van der Waals surface area contributed by atoms with Crippen LogP contribution in [0.3, 0.4) is 0 Å². The normalized spacial score (nSPS) is 8.79. The van der Waals surface area contributed by atoms with E-state index in [-0.39, 0.29) is 94.4 Å². The predicted octanol–water partition coefficient (Wildman–Crippen LogP) is -11.4. The van der Waals surface area contributed by atoms with Crippen molar-refractivity contribution in [1.82, 2.24) is 0 Å². The van der Waals surface area contributed by atoms with Crippen LogP contribution in [0.25, 0.3) is 0 Å². The molecule has 0 saturated carbocycles. The Kier molecular flexibility index (Phi) is 15.7. The van der Waals surface area contributed by atoms with Crippen LogP contribution in [0.5, 0.6) is 5.75 Å². The summed E-state index contributed by atoms with van der Waals surface area (Å²) in [5, 5.41) is 0. The molecule has 0 aliphatic carbocycles. The molecule has 0 aliphatic heterocycles. The Morgan fingerprint density at radius 1 is 0.857 bits per heavy atom. The second-order valence-electron chi connectivity index (χ2n) is 1.92. The maximum Gasteiger partial charge on any atom is 1.00 e. The van der Waals surface area contributed by atoms with Gasteiger partial charge in [0.05, 0.1) is 5.75 Å². The van der Waals surface area contributed by atoms with E-state index in [0.717, 1.165) is 0 Å². The molecule has 0 bridgehead atoms. The fourth-order valence-electron chi connectivity index (χ4n) is 0.633. The van der Waals surface area contributed by atoms with Gasteiger partial charge in [0, 0.05) is 0 Å². The maximum atomic E-state index is 10.1. The molecule has 0 aliphatic rings. The van der Waals surface area contributed by atoms with Gasteiger partial charge in [0.25, 0.3) is 0 Å². The average molecular weight is 238 g/mol. The molecule has 4 nitrogen and oxygen atoms in total. The number of hydrogen-bond acceptors (Lipinski definition) is 4. The van der Waals surface area contributed by atoms with E-state index in [1.807, 2.05) is 0 Å². The molecule has 0 heterocycles. The number of para-hydroxylation sites is 1. The van der Waals surface area contributed by atoms with Crippen molar-refractivity contribution < 1.29 is 107 Å². The van der Waals surface area contributed by atoms with E-state index < -0.39 is 9.05 Å². The molecule has 0 N–H and O–H groups in total. The minimum absolute atomic E-state index is 0. The van der Waals surface area contributed by atoms with Gasteiger partial charge < -0.3 is 18.8 Å². The number of rotatable bonds is 2. The van der Waals surface area contributed by atoms with Gasteiger partial charge in [0.2, 0.25) is 0 Å². The number of hydrogen-bond donors (Lipinski definition) is 0. The maximum absolute atomic E-state index is 10.1. The largest absolute Gasteiger partial charge is 1.00 e. The summed E-state index contributed by atoms with van der Waals surface area (Å²) in [5.41, 5.74) is 0. The average Bonchev–Trinajstić information content (AvgIpc) is 1.85. The Morgan fingerprint density at radius 2 is 1.29 bits per heavy atom. The summed E-state index contributed by atoms with van der Waals surface area (Å²) in [7, 11) is -5.15. The van der Waals surface area contributed by atoms with Gasteiger partial charge in [-0.05, 0) is 21.2 Å². The summed E-state index contributed by atoms with van der Waals surface area (Å²) in [6.07, 6.45) is 0. The Bertz CT molecular complexity index is 228. The first-order valence-electron chi connectivity index (χ1n) is 2.93. The molecule has 8 heteroatoms. The van der Waals surface area contributed by atoms with Gasteiger partial charge in [0.15, 0.2) is 0 Å². The molecule has 0 radical (unpaired) electrons. The Hall–Kier alpha value is 2.12. The molecule has 60 valence electrons. The SMILES string of the molecule is [Na+].[Na+].[Na+].[O-][Si]([O-])([O-])Oc1ccccc1. The van der Waals surface area contributed by atoms with E-state index >= 15 is 0 Å². The zero-order valence-electron chi connectivity index (χ0n) is 8.52. The molecular weight excluding hydrogens is 233 g/mol. The first-order valence-corrected chi connectivity index (χ1v) is 4.56. The molecule has 0 aromatic heterocycles. The summed E-state index contributed by atoms with van der Waals surface area (Å²) in [6.45, 7) is 0. The molecule has 0 saturated heterocycles. The first kappa shape index (κ1) is 21.4. The van der Waals surface area contributed by atoms with Crippen LogP contribution >= 0.6 is 0 Å². The Balaban J connectivity index is -0.000000403. The topological polar surface area (TPSA) is 78.4 Å². The summed E-state index contributed by atoms with van der Waals surface area (Å²) in [4.78, 5) is 30.2. The van der Waals surface area contributed by atoms with Crippen LogP contribution in [0, 0.1) is 0 Å². The van der Waals surface area contributed by atoms with Gasteiger partial charge in [-0.15, -0.1) is 0 Å².